The Morgan fingerprint density at radius 2 is 1.92 bits per heavy atom. The Morgan fingerprint density at radius 3 is 2.59 bits per heavy atom. The zero-order chi connectivity index (χ0) is 26.2. The average Bonchev–Trinajstić information content (AvgIpc) is 3.61. The summed E-state index contributed by atoms with van der Waals surface area (Å²) < 4.78 is 29.0. The lowest BCUT2D eigenvalue weighted by Crippen LogP contribution is -2.52. The summed E-state index contributed by atoms with van der Waals surface area (Å²) in [6, 6.07) is 7.74. The average molecular weight is 533 g/mol. The van der Waals surface area contributed by atoms with Crippen molar-refractivity contribution in [2.75, 3.05) is 18.4 Å². The van der Waals surface area contributed by atoms with E-state index in [1.807, 2.05) is 6.92 Å². The van der Waals surface area contributed by atoms with Crippen LogP contribution in [0.2, 0.25) is 5.02 Å². The lowest BCUT2D eigenvalue weighted by atomic mass is 9.73. The number of nitrogens with zero attached hydrogens (tertiary/aromatic N) is 2. The Balaban J connectivity index is 1.33. The van der Waals surface area contributed by atoms with Crippen LogP contribution in [-0.2, 0) is 11.2 Å². The number of rotatable bonds is 7. The smallest absolute Gasteiger partial charge is 0.256 e. The van der Waals surface area contributed by atoms with Crippen LogP contribution < -0.4 is 21.5 Å². The van der Waals surface area contributed by atoms with Gasteiger partial charge >= 0.3 is 0 Å². The molecular weight excluding hydrogens is 502 g/mol. The molecule has 2 atom stereocenters. The Morgan fingerprint density at radius 1 is 1.16 bits per heavy atom. The molecule has 37 heavy (non-hydrogen) atoms. The minimum Gasteiger partial charge on any atom is -0.353 e. The summed E-state index contributed by atoms with van der Waals surface area (Å²) in [5.74, 6) is -1.60. The molecule has 5 rings (SSSR count). The van der Waals surface area contributed by atoms with Gasteiger partial charge in [-0.15, -0.1) is 0 Å². The molecule has 11 heteroatoms. The van der Waals surface area contributed by atoms with Gasteiger partial charge in [-0.1, -0.05) is 17.7 Å². The fraction of sp³-hybridized carbons (Fsp3) is 0.500. The van der Waals surface area contributed by atoms with Crippen LogP contribution in [0.5, 0.6) is 0 Å². The third kappa shape index (κ3) is 5.71. The maximum Gasteiger partial charge on any atom is 0.256 e. The van der Waals surface area contributed by atoms with Gasteiger partial charge in [-0.3, -0.25) is 15.0 Å². The van der Waals surface area contributed by atoms with Gasteiger partial charge in [-0.25, -0.2) is 19.2 Å². The van der Waals surface area contributed by atoms with Crippen LogP contribution in [0.3, 0.4) is 0 Å². The van der Waals surface area contributed by atoms with E-state index in [0.29, 0.717) is 25.0 Å². The van der Waals surface area contributed by atoms with Crippen LogP contribution in [0.1, 0.15) is 55.1 Å². The molecule has 3 fully saturated rings. The molecule has 1 saturated carbocycles. The van der Waals surface area contributed by atoms with Gasteiger partial charge in [-0.05, 0) is 63.3 Å². The summed E-state index contributed by atoms with van der Waals surface area (Å²) in [5, 5.41) is 6.10. The molecule has 1 aromatic heterocycles. The number of piperidine rings is 1. The van der Waals surface area contributed by atoms with Gasteiger partial charge in [0.15, 0.2) is 17.5 Å². The quantitative estimate of drug-likeness (QED) is 0.436. The first kappa shape index (κ1) is 25.8. The Bertz CT molecular complexity index is 1190. The lowest BCUT2D eigenvalue weighted by Gasteiger charge is -2.40. The molecule has 8 nitrogen and oxygen atoms in total. The standard InChI is InChI=1S/C26H31ClF2N6O2/c1-15-13-21(34-33-15)32-23-20(28)8-7-17(30-23)14-26(25(37)31-16-5-6-16)9-11-35(12-10-26)24(36)18-3-2-4-19(27)22(18)29/h2-4,7-8,15-16,21,33-34H,5-6,9-14H2,1H3,(H,30,32)(H,31,37). The predicted octanol–water partition coefficient (Wildman–Crippen LogP) is 3.38. The zero-order valence-corrected chi connectivity index (χ0v) is 21.4. The number of likely N-dealkylation sites (tertiary alicyclic amines) is 1. The minimum atomic E-state index is -0.809. The van der Waals surface area contributed by atoms with Crippen molar-refractivity contribution in [3.63, 3.8) is 0 Å². The zero-order valence-electron chi connectivity index (χ0n) is 20.6. The van der Waals surface area contributed by atoms with Crippen LogP contribution in [0.25, 0.3) is 0 Å². The van der Waals surface area contributed by atoms with Crippen LogP contribution >= 0.6 is 11.6 Å². The number of hydrazine groups is 1. The second kappa shape index (κ2) is 10.5. The van der Waals surface area contributed by atoms with Crippen molar-refractivity contribution in [1.82, 2.24) is 26.1 Å². The van der Waals surface area contributed by atoms with Crippen molar-refractivity contribution in [3.8, 4) is 0 Å². The van der Waals surface area contributed by atoms with Crippen molar-refractivity contribution in [2.45, 2.75) is 63.7 Å². The van der Waals surface area contributed by atoms with Crippen LogP contribution in [-0.4, -0.2) is 53.0 Å². The fourth-order valence-electron chi connectivity index (χ4n) is 5.03. The number of hydrogen-bond acceptors (Lipinski definition) is 6. The summed E-state index contributed by atoms with van der Waals surface area (Å²) >= 11 is 5.87. The third-order valence-corrected chi connectivity index (χ3v) is 7.70. The van der Waals surface area contributed by atoms with E-state index in [2.05, 4.69) is 26.5 Å². The summed E-state index contributed by atoms with van der Waals surface area (Å²) in [7, 11) is 0. The van der Waals surface area contributed by atoms with E-state index in [1.165, 1.54) is 18.2 Å². The maximum absolute atomic E-state index is 14.6. The first-order valence-corrected chi connectivity index (χ1v) is 13.1. The second-order valence-corrected chi connectivity index (χ2v) is 10.8. The molecule has 2 aliphatic heterocycles. The second-order valence-electron chi connectivity index (χ2n) is 10.4. The van der Waals surface area contributed by atoms with Crippen molar-refractivity contribution in [2.24, 2.45) is 5.41 Å². The fourth-order valence-corrected chi connectivity index (χ4v) is 5.21. The SMILES string of the molecule is CC1CC(Nc2nc(CC3(C(=O)NC4CC4)CCN(C(=O)c4cccc(Cl)c4F)CC3)ccc2F)NN1. The molecular formula is C26H31ClF2N6O2. The number of nitrogens with one attached hydrogen (secondary N) is 4. The van der Waals surface area contributed by atoms with E-state index < -0.39 is 23.0 Å². The predicted molar refractivity (Wildman–Crippen MR) is 136 cm³/mol. The highest BCUT2D eigenvalue weighted by Crippen LogP contribution is 2.37. The Hall–Kier alpha value is -2.82. The number of amides is 2. The molecule has 2 saturated heterocycles. The van der Waals surface area contributed by atoms with E-state index in [4.69, 9.17) is 11.6 Å². The van der Waals surface area contributed by atoms with Crippen molar-refractivity contribution < 1.29 is 18.4 Å². The molecule has 0 radical (unpaired) electrons. The van der Waals surface area contributed by atoms with Gasteiger partial charge in [0.25, 0.3) is 5.91 Å². The van der Waals surface area contributed by atoms with Crippen LogP contribution in [0.4, 0.5) is 14.6 Å². The van der Waals surface area contributed by atoms with E-state index in [0.717, 1.165) is 19.3 Å². The molecule has 2 aromatic rings. The maximum atomic E-state index is 14.6. The van der Waals surface area contributed by atoms with E-state index in [-0.39, 0.29) is 53.7 Å². The summed E-state index contributed by atoms with van der Waals surface area (Å²) in [5.41, 5.74) is 5.86. The van der Waals surface area contributed by atoms with Gasteiger partial charge in [0, 0.05) is 37.3 Å². The van der Waals surface area contributed by atoms with Gasteiger partial charge < -0.3 is 15.5 Å². The number of hydrogen-bond donors (Lipinski definition) is 4. The molecule has 198 valence electrons. The van der Waals surface area contributed by atoms with Gasteiger partial charge in [-0.2, -0.15) is 0 Å². The molecule has 4 N–H and O–H groups in total. The molecule has 2 amide bonds. The molecule has 0 spiro atoms. The van der Waals surface area contributed by atoms with Crippen molar-refractivity contribution in [1.29, 1.82) is 0 Å². The first-order valence-electron chi connectivity index (χ1n) is 12.7. The summed E-state index contributed by atoms with van der Waals surface area (Å²) in [6.07, 6.45) is 3.56. The highest BCUT2D eigenvalue weighted by molar-refractivity contribution is 6.31. The van der Waals surface area contributed by atoms with Crippen molar-refractivity contribution in [3.05, 3.63) is 58.2 Å². The van der Waals surface area contributed by atoms with E-state index >= 15 is 0 Å². The molecule has 3 heterocycles. The first-order chi connectivity index (χ1) is 17.7. The van der Waals surface area contributed by atoms with Gasteiger partial charge in [0.05, 0.1) is 22.2 Å². The minimum absolute atomic E-state index is 0.0767. The molecule has 3 aliphatic rings. The normalized spacial score (nSPS) is 23.1. The molecule has 1 aliphatic carbocycles. The van der Waals surface area contributed by atoms with Gasteiger partial charge in [0.1, 0.15) is 0 Å². The molecule has 1 aromatic carbocycles. The van der Waals surface area contributed by atoms with Crippen LogP contribution in [0.15, 0.2) is 30.3 Å². The molecule has 2 unspecified atom stereocenters. The number of anilines is 1. The molecule has 0 bridgehead atoms. The summed E-state index contributed by atoms with van der Waals surface area (Å²) in [4.78, 5) is 32.6. The largest absolute Gasteiger partial charge is 0.353 e. The number of carbonyl (C=O) groups excluding carboxylic acids is 2. The van der Waals surface area contributed by atoms with E-state index in [1.54, 1.807) is 17.0 Å². The topological polar surface area (TPSA) is 98.4 Å². The number of benzene rings is 1. The highest BCUT2D eigenvalue weighted by Gasteiger charge is 2.44. The Labute approximate surface area is 219 Å². The number of pyridine rings is 1. The van der Waals surface area contributed by atoms with Crippen molar-refractivity contribution >= 4 is 29.2 Å². The number of carbonyl (C=O) groups is 2. The third-order valence-electron chi connectivity index (χ3n) is 7.41. The summed E-state index contributed by atoms with van der Waals surface area (Å²) in [6.45, 7) is 2.59. The van der Waals surface area contributed by atoms with Crippen LogP contribution in [0, 0.1) is 17.0 Å². The number of aromatic nitrogens is 1. The highest BCUT2D eigenvalue weighted by atomic mass is 35.5. The number of halogens is 3. The Kier molecular flexibility index (Phi) is 7.33. The van der Waals surface area contributed by atoms with E-state index in [9.17, 15) is 18.4 Å². The monoisotopic (exact) mass is 532 g/mol. The lowest BCUT2D eigenvalue weighted by molar-refractivity contribution is -0.133. The van der Waals surface area contributed by atoms with Gasteiger partial charge in [0.2, 0.25) is 5.91 Å².